The molecule has 1 aliphatic carbocycles. The van der Waals surface area contributed by atoms with Gasteiger partial charge in [-0.3, -0.25) is 0 Å². The highest BCUT2D eigenvalue weighted by molar-refractivity contribution is 6.74. The lowest BCUT2D eigenvalue weighted by atomic mass is 9.85. The lowest BCUT2D eigenvalue weighted by molar-refractivity contribution is -0.225. The van der Waals surface area contributed by atoms with Crippen molar-refractivity contribution in [3.63, 3.8) is 0 Å². The van der Waals surface area contributed by atoms with Crippen molar-refractivity contribution in [2.45, 2.75) is 140 Å². The van der Waals surface area contributed by atoms with Crippen molar-refractivity contribution in [1.82, 2.24) is 0 Å². The molecule has 1 aliphatic heterocycles. The van der Waals surface area contributed by atoms with Gasteiger partial charge >= 0.3 is 0 Å². The fourth-order valence-corrected chi connectivity index (χ4v) is 6.70. The van der Waals surface area contributed by atoms with Gasteiger partial charge in [-0.25, -0.2) is 0 Å². The molecule has 4 nitrogen and oxygen atoms in total. The molecule has 1 N–H and O–H groups in total. The van der Waals surface area contributed by atoms with Crippen LogP contribution in [0.25, 0.3) is 0 Å². The van der Waals surface area contributed by atoms with Crippen molar-refractivity contribution < 1.29 is 18.7 Å². The predicted octanol–water partition coefficient (Wildman–Crippen LogP) is 5.86. The van der Waals surface area contributed by atoms with E-state index in [-0.39, 0.29) is 28.4 Å². The second-order valence-electron chi connectivity index (χ2n) is 12.3. The van der Waals surface area contributed by atoms with Gasteiger partial charge in [0, 0.05) is 6.42 Å². The average molecular weight is 431 g/mol. The minimum atomic E-state index is -1.98. The van der Waals surface area contributed by atoms with Gasteiger partial charge in [0.1, 0.15) is 0 Å². The van der Waals surface area contributed by atoms with Crippen LogP contribution in [0.4, 0.5) is 0 Å². The Balaban J connectivity index is 2.35. The van der Waals surface area contributed by atoms with Crippen molar-refractivity contribution >= 4 is 16.6 Å². The molecular weight excluding hydrogens is 384 g/mol. The van der Waals surface area contributed by atoms with E-state index < -0.39 is 28.3 Å². The summed E-state index contributed by atoms with van der Waals surface area (Å²) >= 11 is 0. The van der Waals surface area contributed by atoms with Gasteiger partial charge in [-0.1, -0.05) is 41.5 Å². The summed E-state index contributed by atoms with van der Waals surface area (Å²) < 4.78 is 20.4. The molecule has 2 fully saturated rings. The molecule has 166 valence electrons. The quantitative estimate of drug-likeness (QED) is 0.567. The summed E-state index contributed by atoms with van der Waals surface area (Å²) in [5, 5.41) is 11.0. The SMILES string of the molecule is C[C@@H]1O[C@]2(CCC[C@H]2O)C[C@H](O[Si](C)(C)C(C)(C)C)[C@H]1O[Si](C)(C)C(C)(C)C. The smallest absolute Gasteiger partial charge is 0.192 e. The molecule has 1 saturated carbocycles. The van der Waals surface area contributed by atoms with Crippen molar-refractivity contribution in [3.8, 4) is 0 Å². The zero-order valence-electron chi connectivity index (χ0n) is 20.3. The molecule has 0 unspecified atom stereocenters. The summed E-state index contributed by atoms with van der Waals surface area (Å²) in [4.78, 5) is 0. The normalized spacial score (nSPS) is 35.6. The number of rotatable bonds is 4. The summed E-state index contributed by atoms with van der Waals surface area (Å²) in [6, 6.07) is 0. The molecular formula is C22H46O4Si2. The van der Waals surface area contributed by atoms with E-state index in [4.69, 9.17) is 13.6 Å². The molecule has 0 aromatic heterocycles. The van der Waals surface area contributed by atoms with Crippen molar-refractivity contribution in [2.24, 2.45) is 0 Å². The highest BCUT2D eigenvalue weighted by Gasteiger charge is 2.56. The average Bonchev–Trinajstić information content (AvgIpc) is 2.80. The Kier molecular flexibility index (Phi) is 6.80. The van der Waals surface area contributed by atoms with E-state index in [9.17, 15) is 5.11 Å². The Hall–Kier alpha value is 0.274. The molecule has 1 heterocycles. The molecule has 0 amide bonds. The highest BCUT2D eigenvalue weighted by atomic mass is 28.4. The zero-order chi connectivity index (χ0) is 21.8. The molecule has 28 heavy (non-hydrogen) atoms. The van der Waals surface area contributed by atoms with Gasteiger partial charge in [0.25, 0.3) is 0 Å². The maximum Gasteiger partial charge on any atom is 0.192 e. The third kappa shape index (κ3) is 4.78. The van der Waals surface area contributed by atoms with Gasteiger partial charge in [0.15, 0.2) is 16.6 Å². The second-order valence-corrected chi connectivity index (χ2v) is 21.8. The van der Waals surface area contributed by atoms with E-state index in [0.29, 0.717) is 0 Å². The van der Waals surface area contributed by atoms with Crippen LogP contribution in [0.15, 0.2) is 0 Å². The lowest BCUT2D eigenvalue weighted by Crippen LogP contribution is -2.63. The van der Waals surface area contributed by atoms with Crippen molar-refractivity contribution in [2.75, 3.05) is 0 Å². The Morgan fingerprint density at radius 1 is 0.929 bits per heavy atom. The molecule has 0 aromatic carbocycles. The van der Waals surface area contributed by atoms with Crippen LogP contribution in [0.1, 0.15) is 74.1 Å². The van der Waals surface area contributed by atoms with Crippen LogP contribution < -0.4 is 0 Å². The van der Waals surface area contributed by atoms with Gasteiger partial charge in [-0.05, 0) is 62.5 Å². The Morgan fingerprint density at radius 2 is 1.43 bits per heavy atom. The van der Waals surface area contributed by atoms with Crippen LogP contribution in [-0.2, 0) is 13.6 Å². The van der Waals surface area contributed by atoms with E-state index in [1.807, 2.05) is 0 Å². The molecule has 1 spiro atoms. The first kappa shape index (κ1) is 24.5. The largest absolute Gasteiger partial charge is 0.411 e. The number of hydrogen-bond donors (Lipinski definition) is 1. The minimum Gasteiger partial charge on any atom is -0.411 e. The zero-order valence-corrected chi connectivity index (χ0v) is 22.3. The van der Waals surface area contributed by atoms with E-state index in [0.717, 1.165) is 25.7 Å². The highest BCUT2D eigenvalue weighted by Crippen LogP contribution is 2.48. The van der Waals surface area contributed by atoms with E-state index in [1.165, 1.54) is 0 Å². The summed E-state index contributed by atoms with van der Waals surface area (Å²) in [6.45, 7) is 25.0. The Labute approximate surface area is 176 Å². The topological polar surface area (TPSA) is 47.9 Å². The van der Waals surface area contributed by atoms with Crippen LogP contribution in [0.5, 0.6) is 0 Å². The van der Waals surface area contributed by atoms with Gasteiger partial charge < -0.3 is 18.7 Å². The maximum absolute atomic E-state index is 10.7. The standard InChI is InChI=1S/C22H46O4Si2/c1-16-19(26-28(10,11)21(5,6)7)17(25-27(8,9)20(2,3)4)15-22(24-16)14-12-13-18(22)23/h16-19,23H,12-15H2,1-11H3/t16-,17-,18+,19-,22+/m0/s1. The van der Waals surface area contributed by atoms with Crippen LogP contribution in [0, 0.1) is 0 Å². The number of aliphatic hydroxyl groups excluding tert-OH is 1. The van der Waals surface area contributed by atoms with E-state index >= 15 is 0 Å². The van der Waals surface area contributed by atoms with Crippen molar-refractivity contribution in [3.05, 3.63) is 0 Å². The number of hydrogen-bond acceptors (Lipinski definition) is 4. The summed E-state index contributed by atoms with van der Waals surface area (Å²) in [6.07, 6.45) is 2.94. The molecule has 6 heteroatoms. The first-order valence-electron chi connectivity index (χ1n) is 11.1. The number of ether oxygens (including phenoxy) is 1. The van der Waals surface area contributed by atoms with Crippen LogP contribution in [0.3, 0.4) is 0 Å². The molecule has 5 atom stereocenters. The van der Waals surface area contributed by atoms with Crippen molar-refractivity contribution in [1.29, 1.82) is 0 Å². The second kappa shape index (κ2) is 7.75. The number of aliphatic hydroxyl groups is 1. The summed E-state index contributed by atoms with van der Waals surface area (Å²) in [5.41, 5.74) is -0.459. The first-order valence-corrected chi connectivity index (χ1v) is 17.0. The monoisotopic (exact) mass is 430 g/mol. The predicted molar refractivity (Wildman–Crippen MR) is 122 cm³/mol. The van der Waals surface area contributed by atoms with Gasteiger partial charge in [-0.2, -0.15) is 0 Å². The fourth-order valence-electron chi connectivity index (χ4n) is 4.00. The van der Waals surface area contributed by atoms with E-state index in [1.54, 1.807) is 0 Å². The van der Waals surface area contributed by atoms with Gasteiger partial charge in [-0.15, -0.1) is 0 Å². The van der Waals surface area contributed by atoms with Crippen LogP contribution >= 0.6 is 0 Å². The molecule has 0 aromatic rings. The van der Waals surface area contributed by atoms with Gasteiger partial charge in [0.2, 0.25) is 0 Å². The maximum atomic E-state index is 10.7. The lowest BCUT2D eigenvalue weighted by Gasteiger charge is -2.53. The molecule has 0 bridgehead atoms. The minimum absolute atomic E-state index is 0.0217. The summed E-state index contributed by atoms with van der Waals surface area (Å²) in [7, 11) is -3.95. The summed E-state index contributed by atoms with van der Waals surface area (Å²) in [5.74, 6) is 0. The van der Waals surface area contributed by atoms with Gasteiger partial charge in [0.05, 0.1) is 30.0 Å². The first-order chi connectivity index (χ1) is 12.4. The molecule has 2 rings (SSSR count). The third-order valence-electron chi connectivity index (χ3n) is 7.97. The van der Waals surface area contributed by atoms with Crippen LogP contribution in [0.2, 0.25) is 36.3 Å². The Morgan fingerprint density at radius 3 is 1.86 bits per heavy atom. The van der Waals surface area contributed by atoms with E-state index in [2.05, 4.69) is 74.7 Å². The van der Waals surface area contributed by atoms with Crippen LogP contribution in [-0.4, -0.2) is 51.8 Å². The molecule has 1 saturated heterocycles. The fraction of sp³-hybridized carbons (Fsp3) is 1.00. The molecule has 0 radical (unpaired) electrons. The third-order valence-corrected chi connectivity index (χ3v) is 16.9. The molecule has 2 aliphatic rings. The Bertz CT molecular complexity index is 548.